The number of aromatic nitrogens is 2. The fourth-order valence-corrected chi connectivity index (χ4v) is 4.69. The van der Waals surface area contributed by atoms with Crippen LogP contribution in [0.4, 0.5) is 0 Å². The average Bonchev–Trinajstić information content (AvgIpc) is 3.23. The third kappa shape index (κ3) is 2.99. The van der Waals surface area contributed by atoms with Crippen molar-refractivity contribution in [2.75, 3.05) is 0 Å². The molecule has 3 aromatic rings. The van der Waals surface area contributed by atoms with Crippen molar-refractivity contribution >= 4 is 28.6 Å². The van der Waals surface area contributed by atoms with E-state index in [1.54, 1.807) is 11.8 Å². The molecule has 4 heteroatoms. The summed E-state index contributed by atoms with van der Waals surface area (Å²) in [7, 11) is 0. The lowest BCUT2D eigenvalue weighted by atomic mass is 10.0. The highest BCUT2D eigenvalue weighted by molar-refractivity contribution is 8.00. The smallest absolute Gasteiger partial charge is 0.176 e. The molecule has 1 atom stereocenters. The quantitative estimate of drug-likeness (QED) is 0.484. The van der Waals surface area contributed by atoms with E-state index < -0.39 is 0 Å². The first kappa shape index (κ1) is 16.4. The maximum Gasteiger partial charge on any atom is 0.176 e. The zero-order valence-corrected chi connectivity index (χ0v) is 15.5. The Balaban J connectivity index is 1.59. The van der Waals surface area contributed by atoms with Gasteiger partial charge in [-0.05, 0) is 62.4 Å². The van der Waals surface area contributed by atoms with Crippen LogP contribution in [0.1, 0.15) is 41.8 Å². The maximum atomic E-state index is 12.9. The summed E-state index contributed by atoms with van der Waals surface area (Å²) >= 11 is 1.56. The summed E-state index contributed by atoms with van der Waals surface area (Å²) in [6.07, 6.45) is 3.45. The van der Waals surface area contributed by atoms with Gasteiger partial charge in [-0.1, -0.05) is 36.0 Å². The highest BCUT2D eigenvalue weighted by atomic mass is 32.2. The standard InChI is InChI=1S/C21H22N2OS/c1-3-23-19-10-5-4-9-18(19)22-21(23)25-14(2)20(24)17-12-11-15-7-6-8-16(15)13-17/h4-5,9-14H,3,6-8H2,1-2H3/t14-/m1/s1. The number of nitrogens with zero attached hydrogens (tertiary/aromatic N) is 2. The number of aryl methyl sites for hydroxylation is 3. The Morgan fingerprint density at radius 3 is 2.84 bits per heavy atom. The second-order valence-corrected chi connectivity index (χ2v) is 7.90. The largest absolute Gasteiger partial charge is 0.319 e. The number of Topliss-reactive ketones (excluding diaryl/α,β-unsaturated/α-hetero) is 1. The predicted molar refractivity (Wildman–Crippen MR) is 104 cm³/mol. The second-order valence-electron chi connectivity index (χ2n) is 6.59. The van der Waals surface area contributed by atoms with Crippen molar-refractivity contribution in [2.24, 2.45) is 0 Å². The molecule has 0 unspecified atom stereocenters. The van der Waals surface area contributed by atoms with Crippen molar-refractivity contribution in [1.29, 1.82) is 0 Å². The number of imidazole rings is 1. The number of fused-ring (bicyclic) bond motifs is 2. The Hall–Kier alpha value is -2.07. The van der Waals surface area contributed by atoms with E-state index in [0.717, 1.165) is 41.1 Å². The minimum Gasteiger partial charge on any atom is -0.319 e. The van der Waals surface area contributed by atoms with Gasteiger partial charge in [0, 0.05) is 12.1 Å². The topological polar surface area (TPSA) is 34.9 Å². The number of hydrogen-bond donors (Lipinski definition) is 0. The van der Waals surface area contributed by atoms with E-state index in [9.17, 15) is 4.79 Å². The number of carbonyl (C=O) groups excluding carboxylic acids is 1. The molecule has 1 aliphatic rings. The molecular weight excluding hydrogens is 328 g/mol. The van der Waals surface area contributed by atoms with Gasteiger partial charge in [-0.25, -0.2) is 4.98 Å². The van der Waals surface area contributed by atoms with Gasteiger partial charge in [-0.15, -0.1) is 0 Å². The van der Waals surface area contributed by atoms with Gasteiger partial charge in [0.25, 0.3) is 0 Å². The van der Waals surface area contributed by atoms with Crippen LogP contribution in [0.2, 0.25) is 0 Å². The molecule has 4 rings (SSSR count). The molecule has 1 aromatic heterocycles. The summed E-state index contributed by atoms with van der Waals surface area (Å²) in [6, 6.07) is 14.4. The molecule has 0 aliphatic heterocycles. The molecule has 25 heavy (non-hydrogen) atoms. The van der Waals surface area contributed by atoms with Gasteiger partial charge < -0.3 is 4.57 Å². The van der Waals surface area contributed by atoms with Crippen molar-refractivity contribution < 1.29 is 4.79 Å². The van der Waals surface area contributed by atoms with Gasteiger partial charge in [0.1, 0.15) is 0 Å². The molecule has 1 heterocycles. The molecule has 0 spiro atoms. The van der Waals surface area contributed by atoms with Crippen molar-refractivity contribution in [2.45, 2.75) is 50.1 Å². The van der Waals surface area contributed by atoms with Crippen molar-refractivity contribution in [1.82, 2.24) is 9.55 Å². The second kappa shape index (κ2) is 6.68. The van der Waals surface area contributed by atoms with Gasteiger partial charge in [-0.3, -0.25) is 4.79 Å². The number of hydrogen-bond acceptors (Lipinski definition) is 3. The first-order chi connectivity index (χ1) is 12.2. The molecular formula is C21H22N2OS. The maximum absolute atomic E-state index is 12.9. The molecule has 0 radical (unpaired) electrons. The number of ketones is 1. The van der Waals surface area contributed by atoms with Gasteiger partial charge in [0.05, 0.1) is 16.3 Å². The summed E-state index contributed by atoms with van der Waals surface area (Å²) in [4.78, 5) is 17.6. The summed E-state index contributed by atoms with van der Waals surface area (Å²) in [6.45, 7) is 4.95. The van der Waals surface area contributed by atoms with E-state index >= 15 is 0 Å². The minimum absolute atomic E-state index is 0.151. The highest BCUT2D eigenvalue weighted by Crippen LogP contribution is 2.30. The van der Waals surface area contributed by atoms with Gasteiger partial charge in [-0.2, -0.15) is 0 Å². The lowest BCUT2D eigenvalue weighted by molar-refractivity contribution is 0.0993. The highest BCUT2D eigenvalue weighted by Gasteiger charge is 2.22. The number of rotatable bonds is 5. The fourth-order valence-electron chi connectivity index (χ4n) is 3.62. The molecule has 3 nitrogen and oxygen atoms in total. The van der Waals surface area contributed by atoms with E-state index in [2.05, 4.69) is 29.7 Å². The third-order valence-electron chi connectivity index (χ3n) is 4.97. The average molecular weight is 350 g/mol. The van der Waals surface area contributed by atoms with Gasteiger partial charge >= 0.3 is 0 Å². The van der Waals surface area contributed by atoms with E-state index in [4.69, 9.17) is 4.98 Å². The normalized spacial score (nSPS) is 14.6. The van der Waals surface area contributed by atoms with E-state index in [-0.39, 0.29) is 11.0 Å². The summed E-state index contributed by atoms with van der Waals surface area (Å²) < 4.78 is 2.19. The molecule has 0 N–H and O–H groups in total. The van der Waals surface area contributed by atoms with Crippen LogP contribution in [0.5, 0.6) is 0 Å². The Kier molecular flexibility index (Phi) is 4.38. The Morgan fingerprint density at radius 1 is 1.20 bits per heavy atom. The lowest BCUT2D eigenvalue weighted by Crippen LogP contribution is -2.15. The molecule has 0 fully saturated rings. The lowest BCUT2D eigenvalue weighted by Gasteiger charge is -2.12. The summed E-state index contributed by atoms with van der Waals surface area (Å²) in [5, 5.41) is 0.771. The van der Waals surface area contributed by atoms with Gasteiger partial charge in [0.2, 0.25) is 0 Å². The first-order valence-electron chi connectivity index (χ1n) is 8.95. The molecule has 128 valence electrons. The van der Waals surface area contributed by atoms with Crippen molar-refractivity contribution in [3.8, 4) is 0 Å². The molecule has 0 saturated carbocycles. The van der Waals surface area contributed by atoms with Crippen LogP contribution in [0.25, 0.3) is 11.0 Å². The summed E-state index contributed by atoms with van der Waals surface area (Å²) in [5.41, 5.74) is 5.71. The van der Waals surface area contributed by atoms with E-state index in [0.29, 0.717) is 0 Å². The fraction of sp³-hybridized carbons (Fsp3) is 0.333. The van der Waals surface area contributed by atoms with Crippen LogP contribution in [-0.4, -0.2) is 20.6 Å². The summed E-state index contributed by atoms with van der Waals surface area (Å²) in [5.74, 6) is 0.189. The molecule has 2 aromatic carbocycles. The number of benzene rings is 2. The van der Waals surface area contributed by atoms with E-state index in [1.165, 1.54) is 17.5 Å². The van der Waals surface area contributed by atoms with E-state index in [1.807, 2.05) is 31.2 Å². The van der Waals surface area contributed by atoms with Crippen molar-refractivity contribution in [3.05, 3.63) is 59.2 Å². The van der Waals surface area contributed by atoms with Crippen LogP contribution in [-0.2, 0) is 19.4 Å². The molecule has 0 amide bonds. The van der Waals surface area contributed by atoms with Crippen LogP contribution in [0, 0.1) is 0 Å². The Bertz CT molecular complexity index is 944. The SMILES string of the molecule is CCn1c(S[C@H](C)C(=O)c2ccc3c(c2)CCC3)nc2ccccc21. The Morgan fingerprint density at radius 2 is 2.00 bits per heavy atom. The Labute approximate surface area is 152 Å². The van der Waals surface area contributed by atoms with Crippen LogP contribution < -0.4 is 0 Å². The number of para-hydroxylation sites is 2. The zero-order valence-electron chi connectivity index (χ0n) is 14.7. The molecule has 0 saturated heterocycles. The van der Waals surface area contributed by atoms with Crippen LogP contribution in [0.3, 0.4) is 0 Å². The number of thioether (sulfide) groups is 1. The molecule has 1 aliphatic carbocycles. The predicted octanol–water partition coefficient (Wildman–Crippen LogP) is 4.91. The monoisotopic (exact) mass is 350 g/mol. The third-order valence-corrected chi connectivity index (χ3v) is 6.06. The van der Waals surface area contributed by atoms with Crippen molar-refractivity contribution in [3.63, 3.8) is 0 Å². The number of carbonyl (C=O) groups is 1. The first-order valence-corrected chi connectivity index (χ1v) is 9.83. The van der Waals surface area contributed by atoms with Gasteiger partial charge in [0.15, 0.2) is 10.9 Å². The van der Waals surface area contributed by atoms with Crippen LogP contribution >= 0.6 is 11.8 Å². The van der Waals surface area contributed by atoms with Crippen LogP contribution in [0.15, 0.2) is 47.6 Å². The zero-order chi connectivity index (χ0) is 17.4. The molecule has 0 bridgehead atoms. The minimum atomic E-state index is -0.151.